The van der Waals surface area contributed by atoms with Crippen LogP contribution in [0.3, 0.4) is 0 Å². The lowest BCUT2D eigenvalue weighted by Crippen LogP contribution is -2.29. The van der Waals surface area contributed by atoms with E-state index in [4.69, 9.17) is 11.6 Å². The highest BCUT2D eigenvalue weighted by Crippen LogP contribution is 2.19. The summed E-state index contributed by atoms with van der Waals surface area (Å²) in [4.78, 5) is 1.17. The Morgan fingerprint density at radius 1 is 1.26 bits per heavy atom. The summed E-state index contributed by atoms with van der Waals surface area (Å²) in [7, 11) is -3.23. The van der Waals surface area contributed by atoms with Gasteiger partial charge >= 0.3 is 0 Å². The summed E-state index contributed by atoms with van der Waals surface area (Å²) in [6, 6.07) is 7.70. The Kier molecular flexibility index (Phi) is 7.21. The van der Waals surface area contributed by atoms with Gasteiger partial charge in [0.1, 0.15) is 0 Å². The monoisotopic (exact) mass is 321 g/mol. The first-order valence-corrected chi connectivity index (χ1v) is 9.59. The predicted molar refractivity (Wildman–Crippen MR) is 83.5 cm³/mol. The molecule has 0 amide bonds. The molecule has 1 aromatic rings. The topological polar surface area (TPSA) is 46.2 Å². The van der Waals surface area contributed by atoms with E-state index < -0.39 is 10.0 Å². The lowest BCUT2D eigenvalue weighted by atomic mass is 10.1. The van der Waals surface area contributed by atoms with E-state index in [2.05, 4.69) is 4.72 Å². The number of halogens is 1. The van der Waals surface area contributed by atoms with E-state index >= 15 is 0 Å². The number of hydrogen-bond acceptors (Lipinski definition) is 3. The van der Waals surface area contributed by atoms with Crippen LogP contribution in [0.15, 0.2) is 29.2 Å². The van der Waals surface area contributed by atoms with Crippen molar-refractivity contribution in [2.75, 3.05) is 17.9 Å². The normalized spacial score (nSPS) is 13.4. The molecule has 0 aliphatic heterocycles. The van der Waals surface area contributed by atoms with Crippen LogP contribution >= 0.6 is 23.4 Å². The largest absolute Gasteiger partial charge is 0.212 e. The van der Waals surface area contributed by atoms with Crippen molar-refractivity contribution in [3.8, 4) is 0 Å². The summed E-state index contributed by atoms with van der Waals surface area (Å²) in [5.74, 6) is 0.633. The van der Waals surface area contributed by atoms with Gasteiger partial charge in [-0.1, -0.05) is 12.1 Å². The van der Waals surface area contributed by atoms with Gasteiger partial charge in [-0.05, 0) is 43.7 Å². The van der Waals surface area contributed by atoms with Crippen LogP contribution in [-0.2, 0) is 10.0 Å². The second kappa shape index (κ2) is 8.15. The molecule has 19 heavy (non-hydrogen) atoms. The number of nitrogens with one attached hydrogen (secondary N) is 1. The Bertz CT molecular complexity index is 474. The quantitative estimate of drug-likeness (QED) is 0.453. The molecule has 1 unspecified atom stereocenters. The van der Waals surface area contributed by atoms with Crippen LogP contribution in [0.5, 0.6) is 0 Å². The molecule has 0 aliphatic rings. The second-order valence-corrected chi connectivity index (χ2v) is 7.46. The van der Waals surface area contributed by atoms with Crippen molar-refractivity contribution in [3.63, 3.8) is 0 Å². The highest BCUT2D eigenvalue weighted by Gasteiger charge is 2.15. The summed E-state index contributed by atoms with van der Waals surface area (Å²) >= 11 is 7.21. The van der Waals surface area contributed by atoms with Crippen molar-refractivity contribution in [1.29, 1.82) is 0 Å². The Balaban J connectivity index is 2.59. The maximum atomic E-state index is 11.9. The lowest BCUT2D eigenvalue weighted by Gasteiger charge is -2.14. The minimum absolute atomic E-state index is 0.132. The Hall–Kier alpha value is -0.230. The summed E-state index contributed by atoms with van der Waals surface area (Å²) in [6.07, 6.45) is 3.33. The third-order valence-corrected chi connectivity index (χ3v) is 5.32. The molecule has 1 N–H and O–H groups in total. The SMILES string of the molecule is CSc1ccc(C(C)NS(=O)(=O)CCCCCl)cc1. The Morgan fingerprint density at radius 2 is 1.89 bits per heavy atom. The molecule has 108 valence electrons. The lowest BCUT2D eigenvalue weighted by molar-refractivity contribution is 0.564. The fourth-order valence-corrected chi connectivity index (χ4v) is 3.65. The molecule has 1 rings (SSSR count). The highest BCUT2D eigenvalue weighted by atomic mass is 35.5. The minimum Gasteiger partial charge on any atom is -0.212 e. The number of alkyl halides is 1. The molecule has 0 bridgehead atoms. The minimum atomic E-state index is -3.23. The van der Waals surface area contributed by atoms with Gasteiger partial charge in [0.2, 0.25) is 10.0 Å². The van der Waals surface area contributed by atoms with Gasteiger partial charge in [-0.25, -0.2) is 13.1 Å². The van der Waals surface area contributed by atoms with E-state index in [0.29, 0.717) is 12.3 Å². The van der Waals surface area contributed by atoms with Crippen LogP contribution in [0, 0.1) is 0 Å². The van der Waals surface area contributed by atoms with Gasteiger partial charge in [0.05, 0.1) is 5.75 Å². The highest BCUT2D eigenvalue weighted by molar-refractivity contribution is 7.98. The molecular formula is C13H20ClNO2S2. The predicted octanol–water partition coefficient (Wildman–Crippen LogP) is 3.41. The summed E-state index contributed by atoms with van der Waals surface area (Å²) in [5, 5.41) is 0. The number of rotatable bonds is 8. The number of unbranched alkanes of at least 4 members (excludes halogenated alkanes) is 1. The Morgan fingerprint density at radius 3 is 2.42 bits per heavy atom. The van der Waals surface area contributed by atoms with Crippen LogP contribution in [0.25, 0.3) is 0 Å². The standard InChI is InChI=1S/C13H20ClNO2S2/c1-11(12-5-7-13(18-2)8-6-12)15-19(16,17)10-4-3-9-14/h5-8,11,15H,3-4,9-10H2,1-2H3. The molecule has 0 fully saturated rings. The molecular weight excluding hydrogens is 302 g/mol. The smallest absolute Gasteiger partial charge is 0.212 e. The van der Waals surface area contributed by atoms with Crippen LogP contribution in [-0.4, -0.2) is 26.3 Å². The zero-order valence-corrected chi connectivity index (χ0v) is 13.6. The molecule has 0 radical (unpaired) electrons. The Labute approximate surface area is 125 Å². The fraction of sp³-hybridized carbons (Fsp3) is 0.538. The summed E-state index contributed by atoms with van der Waals surface area (Å²) in [6.45, 7) is 1.85. The molecule has 3 nitrogen and oxygen atoms in total. The average molecular weight is 322 g/mol. The van der Waals surface area contributed by atoms with Crippen molar-refractivity contribution >= 4 is 33.4 Å². The zero-order chi connectivity index (χ0) is 14.3. The van der Waals surface area contributed by atoms with Crippen LogP contribution in [0.4, 0.5) is 0 Å². The molecule has 0 aromatic heterocycles. The van der Waals surface area contributed by atoms with Crippen LogP contribution in [0.1, 0.15) is 31.4 Å². The second-order valence-electron chi connectivity index (χ2n) is 4.33. The first-order chi connectivity index (χ1) is 8.98. The molecule has 6 heteroatoms. The van der Waals surface area contributed by atoms with Gasteiger partial charge in [-0.15, -0.1) is 23.4 Å². The molecule has 1 atom stereocenters. The molecule has 0 spiro atoms. The van der Waals surface area contributed by atoms with Gasteiger partial charge in [-0.2, -0.15) is 0 Å². The number of benzene rings is 1. The molecule has 0 saturated carbocycles. The van der Waals surface area contributed by atoms with Crippen molar-refractivity contribution in [2.24, 2.45) is 0 Å². The summed E-state index contributed by atoms with van der Waals surface area (Å²) < 4.78 is 26.4. The van der Waals surface area contributed by atoms with Crippen molar-refractivity contribution in [3.05, 3.63) is 29.8 Å². The van der Waals surface area contributed by atoms with E-state index in [1.54, 1.807) is 11.8 Å². The molecule has 0 saturated heterocycles. The first-order valence-electron chi connectivity index (χ1n) is 6.18. The first kappa shape index (κ1) is 16.8. The third-order valence-electron chi connectivity index (χ3n) is 2.77. The van der Waals surface area contributed by atoms with Gasteiger partial charge < -0.3 is 0 Å². The van der Waals surface area contributed by atoms with E-state index in [9.17, 15) is 8.42 Å². The fourth-order valence-electron chi connectivity index (χ4n) is 1.68. The molecule has 0 aliphatic carbocycles. The third kappa shape index (κ3) is 6.17. The van der Waals surface area contributed by atoms with Crippen molar-refractivity contribution in [2.45, 2.75) is 30.7 Å². The summed E-state index contributed by atoms with van der Waals surface area (Å²) in [5.41, 5.74) is 0.971. The number of sulfonamides is 1. The number of hydrogen-bond donors (Lipinski definition) is 1. The maximum absolute atomic E-state index is 11.9. The van der Waals surface area contributed by atoms with Gasteiger partial charge in [-0.3, -0.25) is 0 Å². The van der Waals surface area contributed by atoms with Crippen LogP contribution < -0.4 is 4.72 Å². The van der Waals surface area contributed by atoms with E-state index in [1.165, 1.54) is 4.90 Å². The molecule has 1 aromatic carbocycles. The van der Waals surface area contributed by atoms with Gasteiger partial charge in [0.25, 0.3) is 0 Å². The van der Waals surface area contributed by atoms with Crippen molar-refractivity contribution < 1.29 is 8.42 Å². The maximum Gasteiger partial charge on any atom is 0.212 e. The zero-order valence-electron chi connectivity index (χ0n) is 11.2. The van der Waals surface area contributed by atoms with Gasteiger partial charge in [0.15, 0.2) is 0 Å². The van der Waals surface area contributed by atoms with Gasteiger partial charge in [0, 0.05) is 16.8 Å². The average Bonchev–Trinajstić information content (AvgIpc) is 2.38. The number of thioether (sulfide) groups is 1. The van der Waals surface area contributed by atoms with E-state index in [-0.39, 0.29) is 11.8 Å². The van der Waals surface area contributed by atoms with E-state index in [1.807, 2.05) is 37.4 Å². The molecule has 0 heterocycles. The van der Waals surface area contributed by atoms with Crippen molar-refractivity contribution in [1.82, 2.24) is 4.72 Å². The van der Waals surface area contributed by atoms with E-state index in [0.717, 1.165) is 12.0 Å². The van der Waals surface area contributed by atoms with Crippen LogP contribution in [0.2, 0.25) is 0 Å².